The molecule has 0 aromatic heterocycles. The molecular formula is C24H36F4N4O5S. The minimum absolute atomic E-state index is 0.0308. The van der Waals surface area contributed by atoms with Gasteiger partial charge in [0.2, 0.25) is 12.9 Å². The van der Waals surface area contributed by atoms with Gasteiger partial charge in [0.05, 0.1) is 42.8 Å². The maximum absolute atomic E-state index is 12.8. The van der Waals surface area contributed by atoms with Gasteiger partial charge < -0.3 is 40.9 Å². The molecule has 6 N–H and O–H groups in total. The molecule has 2 amide bonds. The molecule has 2 fully saturated rings. The molecule has 6 atom stereocenters. The zero-order chi connectivity index (χ0) is 28.4. The predicted octanol–water partition coefficient (Wildman–Crippen LogP) is 1.72. The molecule has 2 aliphatic rings. The number of unbranched alkanes of at least 4 members (excludes halogenated alkanes) is 1. The van der Waals surface area contributed by atoms with Gasteiger partial charge in [-0.25, -0.2) is 22.4 Å². The molecule has 2 saturated heterocycles. The molecule has 2 aliphatic heterocycles. The summed E-state index contributed by atoms with van der Waals surface area (Å²) in [5.74, 6) is -2.71. The number of urea groups is 1. The third-order valence-corrected chi connectivity index (χ3v) is 6.76. The molecule has 9 nitrogen and oxygen atoms in total. The van der Waals surface area contributed by atoms with Crippen LogP contribution in [0.2, 0.25) is 0 Å². The van der Waals surface area contributed by atoms with Gasteiger partial charge in [-0.3, -0.25) is 0 Å². The lowest BCUT2D eigenvalue weighted by atomic mass is 9.93. The van der Waals surface area contributed by atoms with E-state index in [0.29, 0.717) is 6.54 Å². The maximum atomic E-state index is 12.8. The highest BCUT2D eigenvalue weighted by atomic mass is 32.1. The average molecular weight is 569 g/mol. The number of carbonyl (C=O) groups is 1. The number of rotatable bonds is 6. The Morgan fingerprint density at radius 3 is 1.92 bits per heavy atom. The summed E-state index contributed by atoms with van der Waals surface area (Å²) in [6, 6.07) is 8.61. The fourth-order valence-electron chi connectivity index (χ4n) is 4.11. The van der Waals surface area contributed by atoms with Crippen LogP contribution in [-0.2, 0) is 0 Å². The zero-order valence-corrected chi connectivity index (χ0v) is 21.8. The molecule has 14 heteroatoms. The molecule has 4 unspecified atom stereocenters. The van der Waals surface area contributed by atoms with Crippen LogP contribution in [-0.4, -0.2) is 111 Å². The summed E-state index contributed by atoms with van der Waals surface area (Å²) in [5, 5.41) is 43.9. The molecule has 0 bridgehead atoms. The van der Waals surface area contributed by atoms with Crippen molar-refractivity contribution in [3.63, 3.8) is 0 Å². The number of hydrogen-bond donors (Lipinski definition) is 6. The third kappa shape index (κ3) is 9.19. The summed E-state index contributed by atoms with van der Waals surface area (Å²) in [6.45, 7) is 2.03. The number of amides is 2. The van der Waals surface area contributed by atoms with Crippen molar-refractivity contribution >= 4 is 29.0 Å². The second-order valence-corrected chi connectivity index (χ2v) is 9.69. The molecule has 0 radical (unpaired) electrons. The Morgan fingerprint density at radius 1 is 0.921 bits per heavy atom. The number of anilines is 1. The molecule has 0 aliphatic carbocycles. The number of piperidine rings is 2. The van der Waals surface area contributed by atoms with Gasteiger partial charge in [0.15, 0.2) is 5.11 Å². The van der Waals surface area contributed by atoms with Gasteiger partial charge in [0, 0.05) is 31.9 Å². The van der Waals surface area contributed by atoms with E-state index in [1.54, 1.807) is 12.1 Å². The molecule has 1 aromatic carbocycles. The fraction of sp³-hybridized carbons (Fsp3) is 0.667. The van der Waals surface area contributed by atoms with Crippen LogP contribution in [0.5, 0.6) is 0 Å². The zero-order valence-electron chi connectivity index (χ0n) is 21.0. The number of nitrogens with one attached hydrogen (secondary N) is 2. The molecular weight excluding hydrogens is 532 g/mol. The Balaban J connectivity index is 0.000000269. The van der Waals surface area contributed by atoms with E-state index in [2.05, 4.69) is 10.6 Å². The summed E-state index contributed by atoms with van der Waals surface area (Å²) in [4.78, 5) is 14.3. The normalized spacial score (nSPS) is 27.6. The van der Waals surface area contributed by atoms with Gasteiger partial charge >= 0.3 is 6.03 Å². The fourth-order valence-corrected chi connectivity index (χ4v) is 4.38. The smallest absolute Gasteiger partial charge is 0.317 e. The number of hydrogen-bond acceptors (Lipinski definition) is 6. The lowest BCUT2D eigenvalue weighted by Crippen LogP contribution is -2.58. The Bertz CT molecular complexity index is 875. The third-order valence-electron chi connectivity index (χ3n) is 6.40. The van der Waals surface area contributed by atoms with Crippen molar-refractivity contribution < 1.29 is 42.8 Å². The monoisotopic (exact) mass is 568 g/mol. The van der Waals surface area contributed by atoms with E-state index in [1.807, 2.05) is 25.1 Å². The molecule has 0 saturated carbocycles. The van der Waals surface area contributed by atoms with E-state index >= 15 is 0 Å². The van der Waals surface area contributed by atoms with E-state index in [9.17, 15) is 42.8 Å². The molecule has 1 aromatic rings. The van der Waals surface area contributed by atoms with Gasteiger partial charge in [-0.05, 0) is 30.8 Å². The first-order chi connectivity index (χ1) is 18.0. The summed E-state index contributed by atoms with van der Waals surface area (Å²) in [7, 11) is 0. The minimum Gasteiger partial charge on any atom is -0.390 e. The first-order valence-electron chi connectivity index (χ1n) is 12.4. The van der Waals surface area contributed by atoms with Gasteiger partial charge in [0.25, 0.3) is 0 Å². The van der Waals surface area contributed by atoms with Crippen molar-refractivity contribution in [2.75, 3.05) is 38.0 Å². The molecule has 38 heavy (non-hydrogen) atoms. The van der Waals surface area contributed by atoms with E-state index in [-0.39, 0.29) is 31.3 Å². The van der Waals surface area contributed by atoms with Crippen molar-refractivity contribution in [2.45, 2.75) is 57.0 Å². The molecule has 2 heterocycles. The number of benzene rings is 1. The Hall–Kier alpha value is -2.26. The lowest BCUT2D eigenvalue weighted by molar-refractivity contribution is -0.107. The van der Waals surface area contributed by atoms with Crippen LogP contribution in [0.4, 0.5) is 28.0 Å². The number of β-amino-alcohol motifs (C(OH)–C–C–N with tert-alkyl or cyclic N) is 2. The number of para-hydroxylation sites is 1. The van der Waals surface area contributed by atoms with E-state index < -0.39 is 55.1 Å². The van der Waals surface area contributed by atoms with E-state index in [4.69, 9.17) is 12.2 Å². The van der Waals surface area contributed by atoms with Gasteiger partial charge in [0.1, 0.15) is 0 Å². The number of aliphatic hydroxyl groups excluding tert-OH is 4. The van der Waals surface area contributed by atoms with Gasteiger partial charge in [-0.2, -0.15) is 0 Å². The quantitative estimate of drug-likeness (QED) is 0.174. The first kappa shape index (κ1) is 32.0. The topological polar surface area (TPSA) is 129 Å². The molecule has 216 valence electrons. The van der Waals surface area contributed by atoms with Crippen LogP contribution in [0.15, 0.2) is 30.3 Å². The highest BCUT2D eigenvalue weighted by Crippen LogP contribution is 2.25. The second-order valence-electron chi connectivity index (χ2n) is 9.30. The van der Waals surface area contributed by atoms with Gasteiger partial charge in [-0.1, -0.05) is 31.5 Å². The Morgan fingerprint density at radius 2 is 1.42 bits per heavy atom. The number of likely N-dealkylation sites (tertiary alicyclic amines) is 2. The number of halogens is 4. The van der Waals surface area contributed by atoms with Crippen molar-refractivity contribution in [1.29, 1.82) is 0 Å². The standard InChI is InChI=1S/C13H16F2N2O2S.C11H20F2N2O3/c14-12(15)9-6-17(7-10(18)11(9)19)13(20)16-8-4-2-1-3-5-8;1-2-3-4-14-11(18)15-5-7(10(12)13)9(17)8(16)6-15/h1-5,9-12,18-19H,6-7H2,(H,16,20);7-10,16-17H,2-6H2,1H3,(H,14,18)/t9?,10?,11-;7?,8?,9-/m11/s1. The van der Waals surface area contributed by atoms with Crippen LogP contribution >= 0.6 is 12.2 Å². The van der Waals surface area contributed by atoms with E-state index in [0.717, 1.165) is 23.4 Å². The summed E-state index contributed by atoms with van der Waals surface area (Å²) < 4.78 is 51.0. The number of aliphatic hydroxyl groups is 4. The SMILES string of the molecule is CCCCNC(=O)N1CC(O)[C@H](O)C(C(F)F)C1.OC1CN(C(=S)Nc2ccccc2)CC(C(F)F)[C@H]1O. The highest BCUT2D eigenvalue weighted by molar-refractivity contribution is 7.80. The summed E-state index contributed by atoms with van der Waals surface area (Å²) in [6.07, 6.45) is -9.21. The molecule has 0 spiro atoms. The second kappa shape index (κ2) is 15.4. The Labute approximate surface area is 224 Å². The minimum atomic E-state index is -2.76. The van der Waals surface area contributed by atoms with Crippen LogP contribution in [0.1, 0.15) is 19.8 Å². The number of thiocarbonyl (C=S) groups is 1. The van der Waals surface area contributed by atoms with Crippen LogP contribution in [0.25, 0.3) is 0 Å². The lowest BCUT2D eigenvalue weighted by Gasteiger charge is -2.40. The first-order valence-corrected chi connectivity index (χ1v) is 12.8. The van der Waals surface area contributed by atoms with Crippen molar-refractivity contribution in [2.24, 2.45) is 11.8 Å². The largest absolute Gasteiger partial charge is 0.390 e. The van der Waals surface area contributed by atoms with Crippen molar-refractivity contribution in [1.82, 2.24) is 15.1 Å². The van der Waals surface area contributed by atoms with Crippen molar-refractivity contribution in [3.05, 3.63) is 30.3 Å². The number of nitrogens with zero attached hydrogens (tertiary/aromatic N) is 2. The average Bonchev–Trinajstić information content (AvgIpc) is 2.87. The predicted molar refractivity (Wildman–Crippen MR) is 137 cm³/mol. The maximum Gasteiger partial charge on any atom is 0.317 e. The van der Waals surface area contributed by atoms with Crippen LogP contribution in [0.3, 0.4) is 0 Å². The highest BCUT2D eigenvalue weighted by Gasteiger charge is 2.42. The number of carbonyl (C=O) groups excluding carboxylic acids is 1. The van der Waals surface area contributed by atoms with Crippen LogP contribution < -0.4 is 10.6 Å². The summed E-state index contributed by atoms with van der Waals surface area (Å²) >= 11 is 5.16. The summed E-state index contributed by atoms with van der Waals surface area (Å²) in [5.41, 5.74) is 0.742. The Kier molecular flexibility index (Phi) is 12.9. The van der Waals surface area contributed by atoms with Crippen molar-refractivity contribution in [3.8, 4) is 0 Å². The van der Waals surface area contributed by atoms with Crippen LogP contribution in [0, 0.1) is 11.8 Å². The van der Waals surface area contributed by atoms with E-state index in [1.165, 1.54) is 4.90 Å². The molecule has 3 rings (SSSR count). The van der Waals surface area contributed by atoms with Gasteiger partial charge in [-0.15, -0.1) is 0 Å². The number of alkyl halides is 4.